The van der Waals surface area contributed by atoms with E-state index in [0.29, 0.717) is 12.2 Å². The highest BCUT2D eigenvalue weighted by atomic mass is 16.1. The zero-order valence-electron chi connectivity index (χ0n) is 13.0. The van der Waals surface area contributed by atoms with Crippen LogP contribution in [-0.2, 0) is 11.2 Å². The third kappa shape index (κ3) is 3.49. The number of nitrogens with two attached hydrogens (primary N) is 1. The van der Waals surface area contributed by atoms with Crippen molar-refractivity contribution in [1.29, 1.82) is 0 Å². The lowest BCUT2D eigenvalue weighted by Crippen LogP contribution is -2.35. The molecule has 2 N–H and O–H groups in total. The quantitative estimate of drug-likeness (QED) is 0.855. The third-order valence-corrected chi connectivity index (χ3v) is 4.67. The van der Waals surface area contributed by atoms with Crippen LogP contribution < -0.4 is 5.73 Å². The minimum absolute atomic E-state index is 0.0658. The molecule has 1 aliphatic rings. The van der Waals surface area contributed by atoms with Gasteiger partial charge in [0.1, 0.15) is 5.78 Å². The molecule has 2 nitrogen and oxygen atoms in total. The number of benzene rings is 1. The van der Waals surface area contributed by atoms with Crippen LogP contribution in [0, 0.1) is 26.7 Å². The smallest absolute Gasteiger partial charge is 0.141 e. The largest absolute Gasteiger partial charge is 0.327 e. The Kier molecular flexibility index (Phi) is 4.98. The van der Waals surface area contributed by atoms with Gasteiger partial charge in [0.05, 0.1) is 0 Å². The Bertz CT molecular complexity index is 469. The van der Waals surface area contributed by atoms with Gasteiger partial charge in [0.25, 0.3) is 0 Å². The topological polar surface area (TPSA) is 43.1 Å². The fraction of sp³-hybridized carbons (Fsp3) is 0.611. The van der Waals surface area contributed by atoms with Gasteiger partial charge in [0, 0.05) is 18.4 Å². The molecule has 20 heavy (non-hydrogen) atoms. The van der Waals surface area contributed by atoms with E-state index in [9.17, 15) is 4.79 Å². The first kappa shape index (κ1) is 15.2. The summed E-state index contributed by atoms with van der Waals surface area (Å²) >= 11 is 0. The second kappa shape index (κ2) is 6.53. The van der Waals surface area contributed by atoms with Crippen molar-refractivity contribution in [2.75, 3.05) is 0 Å². The molecule has 1 saturated carbocycles. The van der Waals surface area contributed by atoms with Crippen molar-refractivity contribution >= 4 is 5.78 Å². The highest BCUT2D eigenvalue weighted by Gasteiger charge is 2.27. The van der Waals surface area contributed by atoms with E-state index in [1.54, 1.807) is 0 Å². The van der Waals surface area contributed by atoms with E-state index in [1.807, 2.05) is 0 Å². The van der Waals surface area contributed by atoms with Gasteiger partial charge < -0.3 is 5.73 Å². The van der Waals surface area contributed by atoms with Crippen LogP contribution in [0.1, 0.15) is 54.4 Å². The second-order valence-corrected chi connectivity index (χ2v) is 6.43. The molecule has 1 fully saturated rings. The summed E-state index contributed by atoms with van der Waals surface area (Å²) in [5.41, 5.74) is 11.2. The van der Waals surface area contributed by atoms with Crippen molar-refractivity contribution in [3.05, 3.63) is 34.4 Å². The molecular formula is C18H27NO. The molecule has 0 bridgehead atoms. The number of hydrogen-bond acceptors (Lipinski definition) is 2. The first-order chi connectivity index (χ1) is 9.49. The van der Waals surface area contributed by atoms with Gasteiger partial charge in [-0.05, 0) is 50.3 Å². The number of ketones is 1. The summed E-state index contributed by atoms with van der Waals surface area (Å²) < 4.78 is 0. The monoisotopic (exact) mass is 273 g/mol. The van der Waals surface area contributed by atoms with E-state index in [0.717, 1.165) is 19.3 Å². The average molecular weight is 273 g/mol. The van der Waals surface area contributed by atoms with Gasteiger partial charge in [-0.1, -0.05) is 37.0 Å². The van der Waals surface area contributed by atoms with Crippen LogP contribution in [0.5, 0.6) is 0 Å². The van der Waals surface area contributed by atoms with Crippen LogP contribution in [-0.4, -0.2) is 11.8 Å². The van der Waals surface area contributed by atoms with Crippen molar-refractivity contribution < 1.29 is 4.79 Å². The standard InChI is InChI=1S/C18H27NO/c1-12-9-13(2)16(14(3)10-12)11-18(20)15-7-5-4-6-8-17(15)19/h9-10,15,17H,4-8,11,19H2,1-3H3. The predicted molar refractivity (Wildman–Crippen MR) is 83.9 cm³/mol. The number of carbonyl (C=O) groups excluding carboxylic acids is 1. The summed E-state index contributed by atoms with van der Waals surface area (Å²) in [6.45, 7) is 6.32. The Balaban J connectivity index is 2.15. The maximum Gasteiger partial charge on any atom is 0.141 e. The fourth-order valence-corrected chi connectivity index (χ4v) is 3.53. The van der Waals surface area contributed by atoms with E-state index < -0.39 is 0 Å². The van der Waals surface area contributed by atoms with E-state index in [-0.39, 0.29) is 12.0 Å². The number of carbonyl (C=O) groups is 1. The average Bonchev–Trinajstić information content (AvgIpc) is 2.58. The normalized spacial score (nSPS) is 23.4. The van der Waals surface area contributed by atoms with Crippen LogP contribution >= 0.6 is 0 Å². The summed E-state index contributed by atoms with van der Waals surface area (Å²) in [6, 6.07) is 4.40. The SMILES string of the molecule is Cc1cc(C)c(CC(=O)C2CCCCCC2N)c(C)c1. The highest BCUT2D eigenvalue weighted by molar-refractivity contribution is 5.84. The summed E-state index contributed by atoms with van der Waals surface area (Å²) in [4.78, 5) is 12.6. The lowest BCUT2D eigenvalue weighted by atomic mass is 9.86. The van der Waals surface area contributed by atoms with E-state index in [1.165, 1.54) is 35.1 Å². The molecule has 1 aromatic carbocycles. The molecule has 2 atom stereocenters. The predicted octanol–water partition coefficient (Wildman–Crippen LogP) is 3.63. The minimum atomic E-state index is 0.0658. The Labute approximate surface area is 122 Å². The van der Waals surface area contributed by atoms with Gasteiger partial charge in [-0.3, -0.25) is 4.79 Å². The van der Waals surface area contributed by atoms with Gasteiger partial charge in [0.15, 0.2) is 0 Å². The van der Waals surface area contributed by atoms with E-state index in [2.05, 4.69) is 32.9 Å². The van der Waals surface area contributed by atoms with Crippen LogP contribution in [0.4, 0.5) is 0 Å². The van der Waals surface area contributed by atoms with Gasteiger partial charge in [-0.25, -0.2) is 0 Å². The highest BCUT2D eigenvalue weighted by Crippen LogP contribution is 2.26. The number of Topliss-reactive ketones (excluding diaryl/α,β-unsaturated/α-hetero) is 1. The zero-order valence-corrected chi connectivity index (χ0v) is 13.0. The van der Waals surface area contributed by atoms with Crippen LogP contribution in [0.2, 0.25) is 0 Å². The number of aryl methyl sites for hydroxylation is 3. The molecule has 0 radical (unpaired) electrons. The van der Waals surface area contributed by atoms with Crippen LogP contribution in [0.25, 0.3) is 0 Å². The zero-order chi connectivity index (χ0) is 14.7. The summed E-state index contributed by atoms with van der Waals surface area (Å²) in [5.74, 6) is 0.409. The molecule has 0 heterocycles. The lowest BCUT2D eigenvalue weighted by Gasteiger charge is -2.21. The van der Waals surface area contributed by atoms with Gasteiger partial charge in [-0.2, -0.15) is 0 Å². The van der Waals surface area contributed by atoms with Crippen molar-refractivity contribution in [2.24, 2.45) is 11.7 Å². The van der Waals surface area contributed by atoms with Crippen molar-refractivity contribution in [2.45, 2.75) is 65.3 Å². The van der Waals surface area contributed by atoms with Crippen LogP contribution in [0.3, 0.4) is 0 Å². The van der Waals surface area contributed by atoms with Gasteiger partial charge >= 0.3 is 0 Å². The minimum Gasteiger partial charge on any atom is -0.327 e. The van der Waals surface area contributed by atoms with Gasteiger partial charge in [-0.15, -0.1) is 0 Å². The number of rotatable bonds is 3. The Morgan fingerprint density at radius 2 is 1.70 bits per heavy atom. The van der Waals surface area contributed by atoms with E-state index in [4.69, 9.17) is 5.73 Å². The molecule has 1 aromatic rings. The number of hydrogen-bond donors (Lipinski definition) is 1. The van der Waals surface area contributed by atoms with Crippen molar-refractivity contribution in [1.82, 2.24) is 0 Å². The summed E-state index contributed by atoms with van der Waals surface area (Å²) in [7, 11) is 0. The van der Waals surface area contributed by atoms with Gasteiger partial charge in [0.2, 0.25) is 0 Å². The van der Waals surface area contributed by atoms with Crippen LogP contribution in [0.15, 0.2) is 12.1 Å². The Morgan fingerprint density at radius 3 is 2.35 bits per heavy atom. The molecule has 0 amide bonds. The maximum absolute atomic E-state index is 12.6. The maximum atomic E-state index is 12.6. The molecule has 2 heteroatoms. The Morgan fingerprint density at radius 1 is 1.10 bits per heavy atom. The molecule has 2 rings (SSSR count). The molecule has 1 aliphatic carbocycles. The van der Waals surface area contributed by atoms with E-state index >= 15 is 0 Å². The molecule has 110 valence electrons. The Hall–Kier alpha value is -1.15. The summed E-state index contributed by atoms with van der Waals surface area (Å²) in [5, 5.41) is 0. The molecular weight excluding hydrogens is 246 g/mol. The van der Waals surface area contributed by atoms with Crippen molar-refractivity contribution in [3.8, 4) is 0 Å². The first-order valence-electron chi connectivity index (χ1n) is 7.84. The molecule has 0 spiro atoms. The summed E-state index contributed by atoms with van der Waals surface area (Å²) in [6.07, 6.45) is 6.08. The lowest BCUT2D eigenvalue weighted by molar-refractivity contribution is -0.123. The second-order valence-electron chi connectivity index (χ2n) is 6.43. The fourth-order valence-electron chi connectivity index (χ4n) is 3.53. The van der Waals surface area contributed by atoms with Crippen molar-refractivity contribution in [3.63, 3.8) is 0 Å². The third-order valence-electron chi connectivity index (χ3n) is 4.67. The molecule has 0 aromatic heterocycles. The molecule has 0 saturated heterocycles. The molecule has 2 unspecified atom stereocenters. The molecule has 0 aliphatic heterocycles. The first-order valence-corrected chi connectivity index (χ1v) is 7.84.